The second kappa shape index (κ2) is 8.16. The minimum atomic E-state index is -0.373. The van der Waals surface area contributed by atoms with E-state index in [4.69, 9.17) is 15.7 Å². The Morgan fingerprint density at radius 1 is 1.03 bits per heavy atom. The van der Waals surface area contributed by atoms with Crippen molar-refractivity contribution in [3.63, 3.8) is 0 Å². The smallest absolute Gasteiger partial charge is 0.261 e. The Balaban J connectivity index is 1.67. The Labute approximate surface area is 189 Å². The van der Waals surface area contributed by atoms with E-state index < -0.39 is 0 Å². The number of carbonyl (C=O) groups excluding carboxylic acids is 1. The summed E-state index contributed by atoms with van der Waals surface area (Å²) in [6, 6.07) is 17.0. The van der Waals surface area contributed by atoms with Crippen LogP contribution in [0.15, 0.2) is 72.1 Å². The molecule has 0 bridgehead atoms. The van der Waals surface area contributed by atoms with E-state index in [1.54, 1.807) is 18.6 Å². The molecule has 0 aliphatic rings. The molecule has 0 fully saturated rings. The summed E-state index contributed by atoms with van der Waals surface area (Å²) >= 11 is 0. The van der Waals surface area contributed by atoms with Gasteiger partial charge in [-0.1, -0.05) is 24.3 Å². The highest BCUT2D eigenvalue weighted by molar-refractivity contribution is 6.16. The number of anilines is 2. The molecule has 0 spiro atoms. The number of nitrogens with two attached hydrogens (primary N) is 1. The van der Waals surface area contributed by atoms with Gasteiger partial charge in [-0.3, -0.25) is 9.78 Å². The summed E-state index contributed by atoms with van der Waals surface area (Å²) in [7, 11) is 0. The number of amides is 1. The van der Waals surface area contributed by atoms with E-state index >= 15 is 0 Å². The fourth-order valence-electron chi connectivity index (χ4n) is 3.81. The van der Waals surface area contributed by atoms with Crippen molar-refractivity contribution in [1.29, 1.82) is 0 Å². The lowest BCUT2D eigenvalue weighted by Gasteiger charge is -2.07. The number of aromatic nitrogens is 4. The third-order valence-electron chi connectivity index (χ3n) is 5.19. The third kappa shape index (κ3) is 3.89. The standard InChI is InChI=1S/C25H21N7O/c1-15-10-16(2)12-18(11-15)29-25(33)21-22-24(31-20-8-4-3-7-19(20)30-22)32(23(21)26)28-14-17-6-5-9-27-13-17/h3-14H,26H2,1-2H3,(H,29,33)/b28-14+. The monoisotopic (exact) mass is 435 g/mol. The van der Waals surface area contributed by atoms with Crippen LogP contribution in [0.2, 0.25) is 0 Å². The maximum atomic E-state index is 13.4. The number of hydrogen-bond acceptors (Lipinski definition) is 6. The molecule has 3 N–H and O–H groups in total. The number of nitrogen functional groups attached to an aromatic ring is 1. The predicted molar refractivity (Wildman–Crippen MR) is 131 cm³/mol. The van der Waals surface area contributed by atoms with Crippen molar-refractivity contribution in [3.05, 3.63) is 89.2 Å². The van der Waals surface area contributed by atoms with Gasteiger partial charge in [-0.25, -0.2) is 9.97 Å². The van der Waals surface area contributed by atoms with Crippen molar-refractivity contribution >= 4 is 45.8 Å². The second-order valence-electron chi connectivity index (χ2n) is 7.82. The number of pyridine rings is 1. The van der Waals surface area contributed by atoms with Gasteiger partial charge in [0.1, 0.15) is 16.9 Å². The minimum absolute atomic E-state index is 0.155. The van der Waals surface area contributed by atoms with Crippen molar-refractivity contribution in [1.82, 2.24) is 19.6 Å². The topological polar surface area (TPSA) is 111 Å². The van der Waals surface area contributed by atoms with Crippen molar-refractivity contribution in [2.24, 2.45) is 5.10 Å². The van der Waals surface area contributed by atoms with Crippen molar-refractivity contribution in [2.75, 3.05) is 11.1 Å². The summed E-state index contributed by atoms with van der Waals surface area (Å²) in [5.41, 5.74) is 12.4. The lowest BCUT2D eigenvalue weighted by molar-refractivity contribution is 0.102. The SMILES string of the molecule is Cc1cc(C)cc(NC(=O)c2c(N)n(/N=C/c3cccnc3)c3nc4ccccc4nc23)c1. The molecule has 8 heteroatoms. The Morgan fingerprint density at radius 2 is 1.76 bits per heavy atom. The van der Waals surface area contributed by atoms with E-state index in [1.165, 1.54) is 4.68 Å². The van der Waals surface area contributed by atoms with E-state index in [0.717, 1.165) is 16.7 Å². The molecule has 162 valence electrons. The van der Waals surface area contributed by atoms with Crippen LogP contribution >= 0.6 is 0 Å². The van der Waals surface area contributed by atoms with E-state index in [-0.39, 0.29) is 17.3 Å². The largest absolute Gasteiger partial charge is 0.383 e. The number of benzene rings is 2. The first-order chi connectivity index (χ1) is 16.0. The molecular formula is C25H21N7O. The van der Waals surface area contributed by atoms with Crippen molar-refractivity contribution < 1.29 is 4.79 Å². The zero-order valence-electron chi connectivity index (χ0n) is 18.1. The molecule has 0 aliphatic heterocycles. The molecule has 8 nitrogen and oxygen atoms in total. The first-order valence-electron chi connectivity index (χ1n) is 10.4. The molecule has 0 unspecified atom stereocenters. The van der Waals surface area contributed by atoms with E-state index in [2.05, 4.69) is 15.4 Å². The van der Waals surface area contributed by atoms with Crippen LogP contribution in [0.3, 0.4) is 0 Å². The Hall–Kier alpha value is -4.59. The van der Waals surface area contributed by atoms with Crippen LogP contribution in [0.5, 0.6) is 0 Å². The Kier molecular flexibility index (Phi) is 5.02. The molecule has 3 aromatic heterocycles. The number of fused-ring (bicyclic) bond motifs is 2. The molecule has 3 heterocycles. The highest BCUT2D eigenvalue weighted by Crippen LogP contribution is 2.29. The molecule has 0 radical (unpaired) electrons. The number of hydrogen-bond donors (Lipinski definition) is 2. The zero-order chi connectivity index (χ0) is 22.9. The average molecular weight is 435 g/mol. The van der Waals surface area contributed by atoms with E-state index in [9.17, 15) is 4.79 Å². The molecule has 5 aromatic rings. The average Bonchev–Trinajstić information content (AvgIpc) is 3.06. The van der Waals surface area contributed by atoms with Gasteiger partial charge in [0.05, 0.1) is 17.2 Å². The molecule has 5 rings (SSSR count). The van der Waals surface area contributed by atoms with Crippen LogP contribution in [0.4, 0.5) is 11.5 Å². The van der Waals surface area contributed by atoms with E-state index in [1.807, 2.05) is 68.4 Å². The first-order valence-corrected chi connectivity index (χ1v) is 10.4. The van der Waals surface area contributed by atoms with E-state index in [0.29, 0.717) is 27.9 Å². The van der Waals surface area contributed by atoms with Gasteiger partial charge in [-0.15, -0.1) is 0 Å². The van der Waals surface area contributed by atoms with Gasteiger partial charge in [0, 0.05) is 23.6 Å². The van der Waals surface area contributed by atoms with Crippen LogP contribution in [0.25, 0.3) is 22.2 Å². The Morgan fingerprint density at radius 3 is 2.45 bits per heavy atom. The number of rotatable bonds is 4. The van der Waals surface area contributed by atoms with Gasteiger partial charge in [-0.05, 0) is 55.3 Å². The minimum Gasteiger partial charge on any atom is -0.383 e. The van der Waals surface area contributed by atoms with Gasteiger partial charge in [0.15, 0.2) is 5.65 Å². The summed E-state index contributed by atoms with van der Waals surface area (Å²) in [6.07, 6.45) is 4.98. The molecule has 33 heavy (non-hydrogen) atoms. The van der Waals surface area contributed by atoms with Crippen molar-refractivity contribution in [3.8, 4) is 0 Å². The van der Waals surface area contributed by atoms with Gasteiger partial charge >= 0.3 is 0 Å². The lowest BCUT2D eigenvalue weighted by Crippen LogP contribution is -2.14. The maximum Gasteiger partial charge on any atom is 0.261 e. The normalized spacial score (nSPS) is 11.5. The quantitative estimate of drug-likeness (QED) is 0.409. The molecule has 0 saturated carbocycles. The van der Waals surface area contributed by atoms with Crippen LogP contribution in [0, 0.1) is 13.8 Å². The highest BCUT2D eigenvalue weighted by Gasteiger charge is 2.24. The fraction of sp³-hybridized carbons (Fsp3) is 0.0800. The maximum absolute atomic E-state index is 13.4. The number of para-hydroxylation sites is 2. The summed E-state index contributed by atoms with van der Waals surface area (Å²) in [4.78, 5) is 26.9. The molecule has 0 atom stereocenters. The summed E-state index contributed by atoms with van der Waals surface area (Å²) in [5, 5.41) is 7.44. The Bertz CT molecular complexity index is 1520. The second-order valence-corrected chi connectivity index (χ2v) is 7.82. The zero-order valence-corrected chi connectivity index (χ0v) is 18.1. The summed E-state index contributed by atoms with van der Waals surface area (Å²) < 4.78 is 1.44. The molecule has 2 aromatic carbocycles. The molecule has 0 saturated heterocycles. The molecule has 1 amide bonds. The molecular weight excluding hydrogens is 414 g/mol. The predicted octanol–water partition coefficient (Wildman–Crippen LogP) is 4.31. The van der Waals surface area contributed by atoms with Crippen LogP contribution in [0.1, 0.15) is 27.0 Å². The van der Waals surface area contributed by atoms with Crippen LogP contribution in [-0.4, -0.2) is 31.7 Å². The highest BCUT2D eigenvalue weighted by atomic mass is 16.1. The van der Waals surface area contributed by atoms with Gasteiger partial charge < -0.3 is 11.1 Å². The number of carbonyl (C=O) groups is 1. The lowest BCUT2D eigenvalue weighted by atomic mass is 10.1. The number of aryl methyl sites for hydroxylation is 2. The van der Waals surface area contributed by atoms with Gasteiger partial charge in [-0.2, -0.15) is 9.78 Å². The van der Waals surface area contributed by atoms with Gasteiger partial charge in [0.25, 0.3) is 5.91 Å². The van der Waals surface area contributed by atoms with Crippen molar-refractivity contribution in [2.45, 2.75) is 13.8 Å². The number of nitrogens with one attached hydrogen (secondary N) is 1. The van der Waals surface area contributed by atoms with Crippen LogP contribution in [-0.2, 0) is 0 Å². The van der Waals surface area contributed by atoms with Gasteiger partial charge in [0.2, 0.25) is 0 Å². The summed E-state index contributed by atoms with van der Waals surface area (Å²) in [5.74, 6) is -0.218. The molecule has 0 aliphatic carbocycles. The van der Waals surface area contributed by atoms with Crippen LogP contribution < -0.4 is 11.1 Å². The summed E-state index contributed by atoms with van der Waals surface area (Å²) in [6.45, 7) is 3.96. The number of nitrogens with zero attached hydrogens (tertiary/aromatic N) is 5. The third-order valence-corrected chi connectivity index (χ3v) is 5.19. The first kappa shape index (κ1) is 20.3. The fourth-order valence-corrected chi connectivity index (χ4v) is 3.81.